The van der Waals surface area contributed by atoms with Crippen LogP contribution in [0.5, 0.6) is 0 Å². The molecular formula is C17H24N2O2. The van der Waals surface area contributed by atoms with Gasteiger partial charge >= 0.3 is 0 Å². The molecule has 2 unspecified atom stereocenters. The van der Waals surface area contributed by atoms with Crippen LogP contribution in [0.25, 0.3) is 0 Å². The van der Waals surface area contributed by atoms with E-state index in [0.29, 0.717) is 0 Å². The Labute approximate surface area is 126 Å². The van der Waals surface area contributed by atoms with Crippen molar-refractivity contribution in [1.82, 2.24) is 4.90 Å². The highest BCUT2D eigenvalue weighted by Crippen LogP contribution is 2.41. The Kier molecular flexibility index (Phi) is 3.93. The molecule has 1 aromatic rings. The van der Waals surface area contributed by atoms with Gasteiger partial charge in [0.05, 0.1) is 11.0 Å². The Morgan fingerprint density at radius 2 is 1.86 bits per heavy atom. The van der Waals surface area contributed by atoms with Gasteiger partial charge in [-0.25, -0.2) is 0 Å². The number of likely N-dealkylation sites (tertiary alicyclic amines) is 1. The SMILES string of the molecule is CC(C)C(C)(CN)N1C(=O)CC(C)(c2ccccc2)C1=O. The second kappa shape index (κ2) is 5.26. The predicted octanol–water partition coefficient (Wildman–Crippen LogP) is 2.08. The van der Waals surface area contributed by atoms with Gasteiger partial charge in [-0.15, -0.1) is 0 Å². The van der Waals surface area contributed by atoms with Crippen LogP contribution in [0.15, 0.2) is 30.3 Å². The molecule has 2 atom stereocenters. The van der Waals surface area contributed by atoms with Crippen molar-refractivity contribution < 1.29 is 9.59 Å². The second-order valence-electron chi connectivity index (χ2n) is 6.63. The van der Waals surface area contributed by atoms with Gasteiger partial charge < -0.3 is 5.73 Å². The number of rotatable bonds is 4. The molecule has 0 aliphatic carbocycles. The van der Waals surface area contributed by atoms with Gasteiger partial charge in [-0.2, -0.15) is 0 Å². The first kappa shape index (κ1) is 15.7. The van der Waals surface area contributed by atoms with E-state index in [0.717, 1.165) is 5.56 Å². The third-order valence-electron chi connectivity index (χ3n) is 5.01. The molecule has 0 aromatic heterocycles. The zero-order valence-corrected chi connectivity index (χ0v) is 13.2. The Hall–Kier alpha value is -1.68. The molecular weight excluding hydrogens is 264 g/mol. The van der Waals surface area contributed by atoms with E-state index in [1.807, 2.05) is 58.0 Å². The van der Waals surface area contributed by atoms with E-state index in [2.05, 4.69) is 0 Å². The van der Waals surface area contributed by atoms with Crippen molar-refractivity contribution in [3.8, 4) is 0 Å². The van der Waals surface area contributed by atoms with Crippen LogP contribution in [0.4, 0.5) is 0 Å². The van der Waals surface area contributed by atoms with Crippen molar-refractivity contribution in [3.63, 3.8) is 0 Å². The van der Waals surface area contributed by atoms with Crippen LogP contribution in [-0.4, -0.2) is 28.8 Å². The fourth-order valence-electron chi connectivity index (χ4n) is 2.95. The third-order valence-corrected chi connectivity index (χ3v) is 5.01. The summed E-state index contributed by atoms with van der Waals surface area (Å²) < 4.78 is 0. The summed E-state index contributed by atoms with van der Waals surface area (Å²) in [5, 5.41) is 0. The maximum Gasteiger partial charge on any atom is 0.240 e. The summed E-state index contributed by atoms with van der Waals surface area (Å²) in [5.41, 5.74) is 5.35. The lowest BCUT2D eigenvalue weighted by Crippen LogP contribution is -2.58. The topological polar surface area (TPSA) is 63.4 Å². The number of benzene rings is 1. The fraction of sp³-hybridized carbons (Fsp3) is 0.529. The van der Waals surface area contributed by atoms with Crippen LogP contribution >= 0.6 is 0 Å². The zero-order chi connectivity index (χ0) is 15.8. The molecule has 21 heavy (non-hydrogen) atoms. The summed E-state index contributed by atoms with van der Waals surface area (Å²) in [7, 11) is 0. The molecule has 1 aromatic carbocycles. The van der Waals surface area contributed by atoms with Crippen molar-refractivity contribution in [2.45, 2.75) is 45.1 Å². The number of carbonyl (C=O) groups is 2. The number of imide groups is 1. The molecule has 2 rings (SSSR count). The summed E-state index contributed by atoms with van der Waals surface area (Å²) >= 11 is 0. The molecule has 0 radical (unpaired) electrons. The minimum absolute atomic E-state index is 0.105. The first-order valence-electron chi connectivity index (χ1n) is 7.40. The predicted molar refractivity (Wildman–Crippen MR) is 82.6 cm³/mol. The van der Waals surface area contributed by atoms with E-state index in [1.54, 1.807) is 0 Å². The number of hydrogen-bond acceptors (Lipinski definition) is 3. The molecule has 114 valence electrons. The van der Waals surface area contributed by atoms with Crippen LogP contribution in [0, 0.1) is 5.92 Å². The van der Waals surface area contributed by atoms with Gasteiger partial charge in [-0.3, -0.25) is 14.5 Å². The number of hydrogen-bond donors (Lipinski definition) is 1. The molecule has 0 saturated carbocycles. The summed E-state index contributed by atoms with van der Waals surface area (Å²) in [5.74, 6) is -0.165. The van der Waals surface area contributed by atoms with Crippen LogP contribution in [0.3, 0.4) is 0 Å². The lowest BCUT2D eigenvalue weighted by atomic mass is 9.80. The number of carbonyl (C=O) groups excluding carboxylic acids is 2. The Balaban J connectivity index is 2.46. The van der Waals surface area contributed by atoms with Crippen LogP contribution in [-0.2, 0) is 15.0 Å². The summed E-state index contributed by atoms with van der Waals surface area (Å²) in [6.07, 6.45) is 0.207. The summed E-state index contributed by atoms with van der Waals surface area (Å²) in [6.45, 7) is 7.99. The molecule has 2 N–H and O–H groups in total. The average molecular weight is 288 g/mol. The van der Waals surface area contributed by atoms with Crippen LogP contribution in [0.2, 0.25) is 0 Å². The van der Waals surface area contributed by atoms with E-state index >= 15 is 0 Å². The maximum atomic E-state index is 13.0. The maximum absolute atomic E-state index is 13.0. The van der Waals surface area contributed by atoms with E-state index < -0.39 is 11.0 Å². The van der Waals surface area contributed by atoms with Gasteiger partial charge in [-0.1, -0.05) is 44.2 Å². The first-order chi connectivity index (χ1) is 9.77. The highest BCUT2D eigenvalue weighted by Gasteiger charge is 2.55. The monoisotopic (exact) mass is 288 g/mol. The number of amides is 2. The van der Waals surface area contributed by atoms with E-state index in [9.17, 15) is 9.59 Å². The number of nitrogens with two attached hydrogens (primary N) is 1. The van der Waals surface area contributed by atoms with Gasteiger partial charge in [0.1, 0.15) is 0 Å². The Morgan fingerprint density at radius 3 is 2.33 bits per heavy atom. The smallest absolute Gasteiger partial charge is 0.240 e. The fourth-order valence-corrected chi connectivity index (χ4v) is 2.95. The van der Waals surface area contributed by atoms with Crippen molar-refractivity contribution >= 4 is 11.8 Å². The normalized spacial score (nSPS) is 25.5. The first-order valence-corrected chi connectivity index (χ1v) is 7.40. The van der Waals surface area contributed by atoms with Crippen molar-refractivity contribution in [2.75, 3.05) is 6.54 Å². The van der Waals surface area contributed by atoms with E-state index in [4.69, 9.17) is 5.73 Å². The van der Waals surface area contributed by atoms with Gasteiger partial charge in [0.2, 0.25) is 11.8 Å². The van der Waals surface area contributed by atoms with Crippen molar-refractivity contribution in [2.24, 2.45) is 11.7 Å². The van der Waals surface area contributed by atoms with Crippen LogP contribution in [0.1, 0.15) is 39.7 Å². The largest absolute Gasteiger partial charge is 0.328 e. The lowest BCUT2D eigenvalue weighted by Gasteiger charge is -2.41. The molecule has 4 nitrogen and oxygen atoms in total. The molecule has 0 spiro atoms. The highest BCUT2D eigenvalue weighted by molar-refractivity contribution is 6.09. The molecule has 1 saturated heterocycles. The van der Waals surface area contributed by atoms with Gasteiger partial charge in [0.25, 0.3) is 0 Å². The van der Waals surface area contributed by atoms with E-state index in [1.165, 1.54) is 4.90 Å². The third kappa shape index (κ3) is 2.27. The molecule has 1 heterocycles. The standard InChI is InChI=1S/C17H24N2O2/c1-12(2)17(4,11-18)19-14(20)10-16(3,15(19)21)13-8-6-5-7-9-13/h5-9,12H,10-11,18H2,1-4H3. The van der Waals surface area contributed by atoms with Gasteiger partial charge in [0, 0.05) is 13.0 Å². The molecule has 0 bridgehead atoms. The molecule has 1 aliphatic rings. The Morgan fingerprint density at radius 1 is 1.29 bits per heavy atom. The second-order valence-corrected chi connectivity index (χ2v) is 6.63. The summed E-state index contributed by atoms with van der Waals surface area (Å²) in [6, 6.07) is 9.51. The zero-order valence-electron chi connectivity index (χ0n) is 13.2. The minimum atomic E-state index is -0.788. The van der Waals surface area contributed by atoms with Gasteiger partial charge in [-0.05, 0) is 25.3 Å². The summed E-state index contributed by atoms with van der Waals surface area (Å²) in [4.78, 5) is 26.9. The van der Waals surface area contributed by atoms with Crippen LogP contribution < -0.4 is 5.73 Å². The highest BCUT2D eigenvalue weighted by atomic mass is 16.2. The molecule has 1 aliphatic heterocycles. The lowest BCUT2D eigenvalue weighted by molar-refractivity contribution is -0.148. The quantitative estimate of drug-likeness (QED) is 0.863. The van der Waals surface area contributed by atoms with Crippen molar-refractivity contribution in [1.29, 1.82) is 0 Å². The van der Waals surface area contributed by atoms with Gasteiger partial charge in [0.15, 0.2) is 0 Å². The number of nitrogens with zero attached hydrogens (tertiary/aromatic N) is 1. The molecule has 1 fully saturated rings. The van der Waals surface area contributed by atoms with E-state index in [-0.39, 0.29) is 30.7 Å². The average Bonchev–Trinajstić information content (AvgIpc) is 2.70. The van der Waals surface area contributed by atoms with Crippen molar-refractivity contribution in [3.05, 3.63) is 35.9 Å². The Bertz CT molecular complexity index is 555. The minimum Gasteiger partial charge on any atom is -0.328 e. The molecule has 4 heteroatoms. The molecule has 2 amide bonds.